The summed E-state index contributed by atoms with van der Waals surface area (Å²) in [5.74, 6) is 1.03. The van der Waals surface area contributed by atoms with Crippen LogP contribution in [-0.4, -0.2) is 35.7 Å². The third kappa shape index (κ3) is 2.51. The Balaban J connectivity index is 1.91. The lowest BCUT2D eigenvalue weighted by Gasteiger charge is -2.34. The van der Waals surface area contributed by atoms with Crippen LogP contribution in [-0.2, 0) is 9.53 Å². The Bertz CT molecular complexity index is 969. The molecule has 0 saturated heterocycles. The van der Waals surface area contributed by atoms with Gasteiger partial charge in [0.25, 0.3) is 0 Å². The fourth-order valence-corrected chi connectivity index (χ4v) is 4.05. The monoisotopic (exact) mass is 355 g/mol. The molecule has 4 rings (SSSR count). The average Bonchev–Trinajstić information content (AvgIpc) is 2.94. The second-order valence-corrected chi connectivity index (χ2v) is 7.07. The minimum atomic E-state index is -0.704. The van der Waals surface area contributed by atoms with Gasteiger partial charge in [0.15, 0.2) is 0 Å². The number of aryl methyl sites for hydroxylation is 2. The highest BCUT2D eigenvalue weighted by Crippen LogP contribution is 2.42. The number of carbonyl (C=O) groups excluding carboxylic acids is 1. The Kier molecular flexibility index (Phi) is 3.80. The van der Waals surface area contributed by atoms with Gasteiger partial charge in [-0.3, -0.25) is 0 Å². The molecule has 0 saturated carbocycles. The number of esters is 1. The molecule has 128 valence electrons. The highest BCUT2D eigenvalue weighted by molar-refractivity contribution is 7.18. The molecule has 1 aliphatic heterocycles. The van der Waals surface area contributed by atoms with E-state index in [1.54, 1.807) is 17.7 Å². The molecular formula is C18H17N3O3S. The number of rotatable bonds is 2. The Hall–Kier alpha value is -2.67. The number of hydrogen-bond donors (Lipinski definition) is 0. The first kappa shape index (κ1) is 15.8. The van der Waals surface area contributed by atoms with Crippen molar-refractivity contribution in [2.45, 2.75) is 20.0 Å². The Morgan fingerprint density at radius 1 is 1.32 bits per heavy atom. The van der Waals surface area contributed by atoms with E-state index in [2.05, 4.69) is 23.8 Å². The summed E-state index contributed by atoms with van der Waals surface area (Å²) in [5, 5.41) is 1.02. The molecule has 3 heterocycles. The fraction of sp³-hybridized carbons (Fsp3) is 0.278. The molecule has 1 aromatic carbocycles. The van der Waals surface area contributed by atoms with E-state index in [1.165, 1.54) is 12.0 Å². The van der Waals surface area contributed by atoms with Crippen molar-refractivity contribution in [1.29, 1.82) is 0 Å². The molecule has 1 aliphatic rings. The summed E-state index contributed by atoms with van der Waals surface area (Å²) in [6, 6.07) is 7.64. The average molecular weight is 355 g/mol. The lowest BCUT2D eigenvalue weighted by atomic mass is 10.1. The SMILES string of the molecule is COC(=O)[C@H]1CN(c2ncnc3sc(C)c(C)c23)c2ccccc2O1. The van der Waals surface area contributed by atoms with Crippen molar-refractivity contribution in [2.75, 3.05) is 18.6 Å². The molecule has 0 unspecified atom stereocenters. The van der Waals surface area contributed by atoms with Crippen molar-refractivity contribution in [3.05, 3.63) is 41.0 Å². The van der Waals surface area contributed by atoms with E-state index in [9.17, 15) is 4.79 Å². The van der Waals surface area contributed by atoms with Gasteiger partial charge in [-0.1, -0.05) is 12.1 Å². The van der Waals surface area contributed by atoms with Crippen LogP contribution in [0, 0.1) is 13.8 Å². The van der Waals surface area contributed by atoms with E-state index < -0.39 is 12.1 Å². The summed E-state index contributed by atoms with van der Waals surface area (Å²) in [6.45, 7) is 4.49. The number of para-hydroxylation sites is 2. The second-order valence-electron chi connectivity index (χ2n) is 5.87. The molecule has 25 heavy (non-hydrogen) atoms. The Morgan fingerprint density at radius 2 is 2.12 bits per heavy atom. The van der Waals surface area contributed by atoms with Crippen molar-refractivity contribution in [3.8, 4) is 5.75 Å². The number of thiophene rings is 1. The van der Waals surface area contributed by atoms with Crippen LogP contribution in [0.5, 0.6) is 5.75 Å². The molecule has 0 radical (unpaired) electrons. The van der Waals surface area contributed by atoms with Gasteiger partial charge in [0.05, 0.1) is 24.7 Å². The molecule has 3 aromatic rings. The predicted molar refractivity (Wildman–Crippen MR) is 96.8 cm³/mol. The zero-order chi connectivity index (χ0) is 17.6. The minimum absolute atomic E-state index is 0.337. The van der Waals surface area contributed by atoms with Gasteiger partial charge < -0.3 is 14.4 Å². The van der Waals surface area contributed by atoms with Crippen LogP contribution in [0.4, 0.5) is 11.5 Å². The molecule has 6 nitrogen and oxygen atoms in total. The van der Waals surface area contributed by atoms with E-state index in [0.717, 1.165) is 27.3 Å². The summed E-state index contributed by atoms with van der Waals surface area (Å²) in [4.78, 5) is 25.2. The van der Waals surface area contributed by atoms with Gasteiger partial charge >= 0.3 is 5.97 Å². The summed E-state index contributed by atoms with van der Waals surface area (Å²) in [7, 11) is 1.37. The van der Waals surface area contributed by atoms with E-state index in [-0.39, 0.29) is 0 Å². The van der Waals surface area contributed by atoms with Gasteiger partial charge in [-0.05, 0) is 31.5 Å². The quantitative estimate of drug-likeness (QED) is 0.657. The molecular weight excluding hydrogens is 338 g/mol. The molecule has 0 bridgehead atoms. The summed E-state index contributed by atoms with van der Waals surface area (Å²) >= 11 is 1.65. The zero-order valence-corrected chi connectivity index (χ0v) is 15.0. The third-order valence-corrected chi connectivity index (χ3v) is 5.55. The molecule has 7 heteroatoms. The maximum Gasteiger partial charge on any atom is 0.348 e. The van der Waals surface area contributed by atoms with E-state index in [4.69, 9.17) is 9.47 Å². The maximum atomic E-state index is 12.1. The largest absolute Gasteiger partial charge is 0.475 e. The van der Waals surface area contributed by atoms with Crippen LogP contribution in [0.1, 0.15) is 10.4 Å². The van der Waals surface area contributed by atoms with E-state index in [1.807, 2.05) is 29.2 Å². The minimum Gasteiger partial charge on any atom is -0.475 e. The normalized spacial score (nSPS) is 16.4. The fourth-order valence-electron chi connectivity index (χ4n) is 3.06. The van der Waals surface area contributed by atoms with Crippen molar-refractivity contribution in [2.24, 2.45) is 0 Å². The van der Waals surface area contributed by atoms with Gasteiger partial charge in [0.1, 0.15) is 22.7 Å². The topological polar surface area (TPSA) is 64.5 Å². The molecule has 0 amide bonds. The van der Waals surface area contributed by atoms with Crippen LogP contribution in [0.25, 0.3) is 10.2 Å². The van der Waals surface area contributed by atoms with Crippen LogP contribution < -0.4 is 9.64 Å². The van der Waals surface area contributed by atoms with Crippen LogP contribution in [0.3, 0.4) is 0 Å². The molecule has 0 aliphatic carbocycles. The van der Waals surface area contributed by atoms with Crippen LogP contribution in [0.15, 0.2) is 30.6 Å². The van der Waals surface area contributed by atoms with Gasteiger partial charge in [0, 0.05) is 4.88 Å². The number of aromatic nitrogens is 2. The number of ether oxygens (including phenoxy) is 2. The van der Waals surface area contributed by atoms with Crippen LogP contribution >= 0.6 is 11.3 Å². The van der Waals surface area contributed by atoms with Crippen LogP contribution in [0.2, 0.25) is 0 Å². The van der Waals surface area contributed by atoms with Gasteiger partial charge in [-0.25, -0.2) is 14.8 Å². The summed E-state index contributed by atoms with van der Waals surface area (Å²) in [6.07, 6.45) is 0.864. The molecule has 2 aromatic heterocycles. The first-order chi connectivity index (χ1) is 12.1. The van der Waals surface area contributed by atoms with Crippen molar-refractivity contribution >= 4 is 39.0 Å². The summed E-state index contributed by atoms with van der Waals surface area (Å²) in [5.41, 5.74) is 2.04. The Morgan fingerprint density at radius 3 is 2.92 bits per heavy atom. The number of fused-ring (bicyclic) bond motifs is 2. The van der Waals surface area contributed by atoms with E-state index >= 15 is 0 Å². The van der Waals surface area contributed by atoms with Crippen molar-refractivity contribution in [3.63, 3.8) is 0 Å². The number of nitrogens with zero attached hydrogens (tertiary/aromatic N) is 3. The number of benzene rings is 1. The lowest BCUT2D eigenvalue weighted by molar-refractivity contribution is -0.148. The van der Waals surface area contributed by atoms with Crippen molar-refractivity contribution < 1.29 is 14.3 Å². The number of hydrogen-bond acceptors (Lipinski definition) is 7. The Labute approximate surface area is 149 Å². The highest BCUT2D eigenvalue weighted by Gasteiger charge is 2.33. The summed E-state index contributed by atoms with van der Waals surface area (Å²) < 4.78 is 10.7. The van der Waals surface area contributed by atoms with Gasteiger partial charge in [0.2, 0.25) is 6.10 Å². The predicted octanol–water partition coefficient (Wildman–Crippen LogP) is 3.38. The number of anilines is 2. The van der Waals surface area contributed by atoms with E-state index in [0.29, 0.717) is 12.3 Å². The first-order valence-electron chi connectivity index (χ1n) is 7.92. The number of carbonyl (C=O) groups is 1. The molecule has 0 spiro atoms. The van der Waals surface area contributed by atoms with Gasteiger partial charge in [-0.15, -0.1) is 11.3 Å². The van der Waals surface area contributed by atoms with Gasteiger partial charge in [-0.2, -0.15) is 0 Å². The first-order valence-corrected chi connectivity index (χ1v) is 8.73. The molecule has 0 N–H and O–H groups in total. The number of methoxy groups -OCH3 is 1. The molecule has 0 fully saturated rings. The highest BCUT2D eigenvalue weighted by atomic mass is 32.1. The third-order valence-electron chi connectivity index (χ3n) is 4.44. The maximum absolute atomic E-state index is 12.1. The second kappa shape index (κ2) is 6.00. The molecule has 1 atom stereocenters. The van der Waals surface area contributed by atoms with Crippen molar-refractivity contribution in [1.82, 2.24) is 9.97 Å². The zero-order valence-electron chi connectivity index (χ0n) is 14.1. The standard InChI is InChI=1S/C18H17N3O3S/c1-10-11(2)25-17-15(10)16(19-9-20-17)21-8-14(18(22)23-3)24-13-7-5-4-6-12(13)21/h4-7,9,14H,8H2,1-3H3/t14-/m1/s1. The smallest absolute Gasteiger partial charge is 0.348 e. The lowest BCUT2D eigenvalue weighted by Crippen LogP contribution is -2.43.